The standard InChI is InChI=1S/C13H7Cl2FO/c14-11-5-8(7-17)1-3-10(11)9-2-4-13(16)12(15)6-9/h1-7H. The number of rotatable bonds is 2. The zero-order valence-corrected chi connectivity index (χ0v) is 10.1. The normalized spacial score (nSPS) is 10.3. The van der Waals surface area contributed by atoms with Gasteiger partial charge in [0.2, 0.25) is 0 Å². The van der Waals surface area contributed by atoms with Crippen molar-refractivity contribution in [2.45, 2.75) is 0 Å². The Balaban J connectivity index is 2.52. The molecular weight excluding hydrogens is 262 g/mol. The molecule has 2 aromatic rings. The van der Waals surface area contributed by atoms with Crippen molar-refractivity contribution in [3.63, 3.8) is 0 Å². The third kappa shape index (κ3) is 2.48. The molecule has 0 unspecified atom stereocenters. The summed E-state index contributed by atoms with van der Waals surface area (Å²) in [5.41, 5.74) is 1.91. The molecular formula is C13H7Cl2FO. The third-order valence-electron chi connectivity index (χ3n) is 2.36. The molecule has 2 rings (SSSR count). The summed E-state index contributed by atoms with van der Waals surface area (Å²) in [6, 6.07) is 9.27. The van der Waals surface area contributed by atoms with Crippen LogP contribution >= 0.6 is 23.2 Å². The Morgan fingerprint density at radius 3 is 2.35 bits per heavy atom. The molecule has 0 aliphatic carbocycles. The van der Waals surface area contributed by atoms with Gasteiger partial charge in [-0.25, -0.2) is 4.39 Å². The van der Waals surface area contributed by atoms with Crippen LogP contribution in [0.1, 0.15) is 10.4 Å². The van der Waals surface area contributed by atoms with Gasteiger partial charge in [-0.3, -0.25) is 4.79 Å². The monoisotopic (exact) mass is 268 g/mol. The van der Waals surface area contributed by atoms with Gasteiger partial charge in [0.05, 0.1) is 5.02 Å². The van der Waals surface area contributed by atoms with E-state index >= 15 is 0 Å². The minimum absolute atomic E-state index is 0.0398. The van der Waals surface area contributed by atoms with Crippen LogP contribution in [0, 0.1) is 5.82 Å². The largest absolute Gasteiger partial charge is 0.298 e. The lowest BCUT2D eigenvalue weighted by Gasteiger charge is -2.06. The number of hydrogen-bond acceptors (Lipinski definition) is 1. The van der Waals surface area contributed by atoms with Crippen LogP contribution in [0.3, 0.4) is 0 Å². The fourth-order valence-corrected chi connectivity index (χ4v) is 1.98. The van der Waals surface area contributed by atoms with E-state index in [0.717, 1.165) is 0 Å². The highest BCUT2D eigenvalue weighted by atomic mass is 35.5. The van der Waals surface area contributed by atoms with Crippen LogP contribution in [0.5, 0.6) is 0 Å². The zero-order valence-electron chi connectivity index (χ0n) is 8.58. The quantitative estimate of drug-likeness (QED) is 0.727. The Bertz CT molecular complexity index is 582. The van der Waals surface area contributed by atoms with E-state index in [1.54, 1.807) is 24.3 Å². The van der Waals surface area contributed by atoms with Crippen LogP contribution in [0.2, 0.25) is 10.0 Å². The summed E-state index contributed by atoms with van der Waals surface area (Å²) < 4.78 is 13.0. The molecule has 0 fully saturated rings. The molecule has 0 amide bonds. The average Bonchev–Trinajstić information content (AvgIpc) is 2.32. The van der Waals surface area contributed by atoms with Gasteiger partial charge in [0.15, 0.2) is 0 Å². The van der Waals surface area contributed by atoms with Crippen molar-refractivity contribution in [3.05, 3.63) is 57.8 Å². The molecule has 4 heteroatoms. The van der Waals surface area contributed by atoms with Crippen molar-refractivity contribution in [1.29, 1.82) is 0 Å². The molecule has 0 heterocycles. The maximum Gasteiger partial charge on any atom is 0.150 e. The Morgan fingerprint density at radius 2 is 1.76 bits per heavy atom. The summed E-state index contributed by atoms with van der Waals surface area (Å²) in [6.45, 7) is 0. The lowest BCUT2D eigenvalue weighted by Crippen LogP contribution is -1.85. The third-order valence-corrected chi connectivity index (χ3v) is 2.96. The predicted molar refractivity (Wildman–Crippen MR) is 67.2 cm³/mol. The molecule has 0 aliphatic rings. The molecule has 0 bridgehead atoms. The first-order valence-corrected chi connectivity index (χ1v) is 5.57. The van der Waals surface area contributed by atoms with Crippen molar-refractivity contribution in [2.75, 3.05) is 0 Å². The average molecular weight is 269 g/mol. The molecule has 0 N–H and O–H groups in total. The maximum atomic E-state index is 13.0. The zero-order chi connectivity index (χ0) is 12.4. The molecule has 0 aromatic heterocycles. The van der Waals surface area contributed by atoms with E-state index < -0.39 is 5.82 Å². The number of halogens is 3. The Hall–Kier alpha value is -1.38. The first-order chi connectivity index (χ1) is 8.11. The SMILES string of the molecule is O=Cc1ccc(-c2ccc(F)c(Cl)c2)c(Cl)c1. The number of carbonyl (C=O) groups excluding carboxylic acids is 1. The molecule has 0 spiro atoms. The summed E-state index contributed by atoms with van der Waals surface area (Å²) in [5.74, 6) is -0.476. The Morgan fingerprint density at radius 1 is 1.00 bits per heavy atom. The van der Waals surface area contributed by atoms with Gasteiger partial charge in [0.25, 0.3) is 0 Å². The summed E-state index contributed by atoms with van der Waals surface area (Å²) in [7, 11) is 0. The van der Waals surface area contributed by atoms with Gasteiger partial charge in [-0.2, -0.15) is 0 Å². The highest BCUT2D eigenvalue weighted by molar-refractivity contribution is 6.34. The van der Waals surface area contributed by atoms with Crippen LogP contribution < -0.4 is 0 Å². The Labute approximate surface area is 108 Å². The number of aldehydes is 1. The molecule has 0 saturated heterocycles. The molecule has 0 saturated carbocycles. The van der Waals surface area contributed by atoms with Gasteiger partial charge in [0.1, 0.15) is 12.1 Å². The molecule has 86 valence electrons. The van der Waals surface area contributed by atoms with Crippen molar-refractivity contribution >= 4 is 29.5 Å². The first kappa shape index (κ1) is 12.1. The minimum atomic E-state index is -0.476. The molecule has 1 nitrogen and oxygen atoms in total. The molecule has 0 radical (unpaired) electrons. The highest BCUT2D eigenvalue weighted by Gasteiger charge is 2.07. The van der Waals surface area contributed by atoms with Crippen LogP contribution in [0.25, 0.3) is 11.1 Å². The number of benzene rings is 2. The van der Waals surface area contributed by atoms with E-state index in [9.17, 15) is 9.18 Å². The number of carbonyl (C=O) groups is 1. The summed E-state index contributed by atoms with van der Waals surface area (Å²) in [5, 5.41) is 0.468. The molecule has 0 atom stereocenters. The molecule has 2 aromatic carbocycles. The predicted octanol–water partition coefficient (Wildman–Crippen LogP) is 4.61. The van der Waals surface area contributed by atoms with Gasteiger partial charge in [0, 0.05) is 16.1 Å². The van der Waals surface area contributed by atoms with E-state index in [-0.39, 0.29) is 5.02 Å². The number of hydrogen-bond donors (Lipinski definition) is 0. The lowest BCUT2D eigenvalue weighted by atomic mass is 10.0. The van der Waals surface area contributed by atoms with Crippen molar-refractivity contribution in [2.24, 2.45) is 0 Å². The highest BCUT2D eigenvalue weighted by Crippen LogP contribution is 2.30. The summed E-state index contributed by atoms with van der Waals surface area (Å²) >= 11 is 11.7. The van der Waals surface area contributed by atoms with Crippen LogP contribution in [-0.2, 0) is 0 Å². The lowest BCUT2D eigenvalue weighted by molar-refractivity contribution is 0.112. The summed E-state index contributed by atoms with van der Waals surface area (Å²) in [4.78, 5) is 10.6. The molecule has 17 heavy (non-hydrogen) atoms. The van der Waals surface area contributed by atoms with E-state index in [1.165, 1.54) is 12.1 Å². The van der Waals surface area contributed by atoms with Gasteiger partial charge in [-0.1, -0.05) is 41.4 Å². The van der Waals surface area contributed by atoms with E-state index in [0.29, 0.717) is 28.0 Å². The van der Waals surface area contributed by atoms with E-state index in [2.05, 4.69) is 0 Å². The van der Waals surface area contributed by atoms with E-state index in [4.69, 9.17) is 23.2 Å². The van der Waals surface area contributed by atoms with Crippen LogP contribution in [0.4, 0.5) is 4.39 Å². The van der Waals surface area contributed by atoms with Gasteiger partial charge < -0.3 is 0 Å². The topological polar surface area (TPSA) is 17.1 Å². The van der Waals surface area contributed by atoms with Gasteiger partial charge in [-0.05, 0) is 23.8 Å². The van der Waals surface area contributed by atoms with Crippen molar-refractivity contribution in [3.8, 4) is 11.1 Å². The maximum absolute atomic E-state index is 13.0. The van der Waals surface area contributed by atoms with Gasteiger partial charge >= 0.3 is 0 Å². The summed E-state index contributed by atoms with van der Waals surface area (Å²) in [6.07, 6.45) is 0.716. The fraction of sp³-hybridized carbons (Fsp3) is 0. The molecule has 0 aliphatic heterocycles. The van der Waals surface area contributed by atoms with Crippen LogP contribution in [-0.4, -0.2) is 6.29 Å². The van der Waals surface area contributed by atoms with Crippen LogP contribution in [0.15, 0.2) is 36.4 Å². The second-order valence-corrected chi connectivity index (χ2v) is 4.30. The second-order valence-electron chi connectivity index (χ2n) is 3.49. The fourth-order valence-electron chi connectivity index (χ4n) is 1.50. The first-order valence-electron chi connectivity index (χ1n) is 4.82. The van der Waals surface area contributed by atoms with Crippen molar-refractivity contribution < 1.29 is 9.18 Å². The second kappa shape index (κ2) is 4.86. The smallest absolute Gasteiger partial charge is 0.150 e. The minimum Gasteiger partial charge on any atom is -0.298 e. The van der Waals surface area contributed by atoms with Gasteiger partial charge in [-0.15, -0.1) is 0 Å². The van der Waals surface area contributed by atoms with E-state index in [1.807, 2.05) is 0 Å². The Kier molecular flexibility index (Phi) is 3.46. The van der Waals surface area contributed by atoms with Crippen molar-refractivity contribution in [1.82, 2.24) is 0 Å².